The molecule has 1 heterocycles. The van der Waals surface area contributed by atoms with Crippen molar-refractivity contribution in [2.24, 2.45) is 5.92 Å². The van der Waals surface area contributed by atoms with Crippen molar-refractivity contribution in [1.82, 2.24) is 10.2 Å². The molecule has 6 rings (SSSR count). The molecule has 4 atom stereocenters. The predicted molar refractivity (Wildman–Crippen MR) is 185 cm³/mol. The van der Waals surface area contributed by atoms with Gasteiger partial charge >= 0.3 is 0 Å². The van der Waals surface area contributed by atoms with E-state index in [0.717, 1.165) is 28.8 Å². The highest BCUT2D eigenvalue weighted by atomic mass is 19.2. The van der Waals surface area contributed by atoms with Crippen LogP contribution in [-0.4, -0.2) is 35.6 Å². The minimum atomic E-state index is -2.34. The first-order valence-corrected chi connectivity index (χ1v) is 16.8. The zero-order valence-corrected chi connectivity index (χ0v) is 28.5. The van der Waals surface area contributed by atoms with E-state index in [2.05, 4.69) is 36.3 Å². The Morgan fingerprint density at radius 2 is 1.33 bits per heavy atom. The number of likely N-dealkylation sites (N-methyl/N-ethyl adjacent to an activating group) is 1. The maximum Gasteiger partial charge on any atom is 0.257 e. The van der Waals surface area contributed by atoms with Crippen LogP contribution in [0.4, 0.5) is 22.0 Å². The second-order valence-electron chi connectivity index (χ2n) is 12.9. The van der Waals surface area contributed by atoms with Gasteiger partial charge in [-0.1, -0.05) is 110 Å². The normalized spacial score (nSPS) is 18.8. The summed E-state index contributed by atoms with van der Waals surface area (Å²) in [7, 11) is 2.05. The van der Waals surface area contributed by atoms with Crippen molar-refractivity contribution in [1.29, 1.82) is 0 Å². The summed E-state index contributed by atoms with van der Waals surface area (Å²) in [5.41, 5.74) is 4.12. The molecular weight excluding hydrogens is 679 g/mol. The number of rotatable bonds is 11. The van der Waals surface area contributed by atoms with Gasteiger partial charge < -0.3 is 19.9 Å². The summed E-state index contributed by atoms with van der Waals surface area (Å²) in [5, 5.41) is 11.9. The summed E-state index contributed by atoms with van der Waals surface area (Å²) in [6.45, 7) is 3.17. The SMILES string of the molecule is C[C@@H]1[C@H](CN(C)Cc2ccccc2)O[C@H](c2ccc(-c3ccccc3CNC(=O)c3c(F)c(F)c(F)c(F)c3F)cc2)O[C@@H]1c1ccc(CO)cc1. The van der Waals surface area contributed by atoms with Gasteiger partial charge in [-0.3, -0.25) is 9.69 Å². The Kier molecular flexibility index (Phi) is 11.5. The van der Waals surface area contributed by atoms with Gasteiger partial charge in [-0.2, -0.15) is 0 Å². The van der Waals surface area contributed by atoms with Crippen LogP contribution in [0.15, 0.2) is 103 Å². The molecule has 1 aliphatic heterocycles. The lowest BCUT2D eigenvalue weighted by Gasteiger charge is -2.42. The minimum Gasteiger partial charge on any atom is -0.392 e. The Balaban J connectivity index is 1.21. The number of halogens is 5. The number of nitrogens with one attached hydrogen (secondary N) is 1. The minimum absolute atomic E-state index is 0.0133. The van der Waals surface area contributed by atoms with Gasteiger partial charge in [0.2, 0.25) is 5.82 Å². The Morgan fingerprint density at radius 3 is 1.98 bits per heavy atom. The Labute approximate surface area is 298 Å². The average molecular weight is 717 g/mol. The highest BCUT2D eigenvalue weighted by Crippen LogP contribution is 2.42. The third-order valence-electron chi connectivity index (χ3n) is 9.30. The van der Waals surface area contributed by atoms with Crippen molar-refractivity contribution < 1.29 is 41.3 Å². The van der Waals surface area contributed by atoms with Crippen LogP contribution in [0.1, 0.15) is 57.5 Å². The van der Waals surface area contributed by atoms with E-state index in [9.17, 15) is 31.9 Å². The van der Waals surface area contributed by atoms with Crippen LogP contribution in [0.2, 0.25) is 0 Å². The largest absolute Gasteiger partial charge is 0.392 e. The molecule has 0 bridgehead atoms. The molecular formula is C41H37F5N2O4. The topological polar surface area (TPSA) is 71.0 Å². The van der Waals surface area contributed by atoms with Crippen molar-refractivity contribution >= 4 is 5.91 Å². The molecule has 52 heavy (non-hydrogen) atoms. The van der Waals surface area contributed by atoms with Crippen LogP contribution in [0.3, 0.4) is 0 Å². The first-order chi connectivity index (χ1) is 25.0. The van der Waals surface area contributed by atoms with E-state index in [0.29, 0.717) is 17.7 Å². The summed E-state index contributed by atoms with van der Waals surface area (Å²) in [6, 6.07) is 32.3. The van der Waals surface area contributed by atoms with Crippen LogP contribution in [0.5, 0.6) is 0 Å². The van der Waals surface area contributed by atoms with Crippen LogP contribution in [-0.2, 0) is 29.2 Å². The molecule has 270 valence electrons. The van der Waals surface area contributed by atoms with E-state index >= 15 is 0 Å². The molecule has 5 aromatic carbocycles. The molecule has 1 saturated heterocycles. The van der Waals surface area contributed by atoms with Crippen LogP contribution in [0.25, 0.3) is 11.1 Å². The lowest BCUT2D eigenvalue weighted by molar-refractivity contribution is -0.276. The fourth-order valence-corrected chi connectivity index (χ4v) is 6.44. The molecule has 6 nitrogen and oxygen atoms in total. The van der Waals surface area contributed by atoms with E-state index in [-0.39, 0.29) is 31.3 Å². The fraction of sp³-hybridized carbons (Fsp3) is 0.244. The van der Waals surface area contributed by atoms with E-state index in [1.165, 1.54) is 5.56 Å². The third-order valence-corrected chi connectivity index (χ3v) is 9.30. The molecule has 0 unspecified atom stereocenters. The first kappa shape index (κ1) is 36.8. The predicted octanol–water partition coefficient (Wildman–Crippen LogP) is 8.39. The number of carbonyl (C=O) groups excluding carboxylic acids is 1. The Bertz CT molecular complexity index is 1980. The molecule has 11 heteroatoms. The third kappa shape index (κ3) is 7.93. The van der Waals surface area contributed by atoms with Gasteiger partial charge in [-0.05, 0) is 40.4 Å². The monoisotopic (exact) mass is 716 g/mol. The van der Waals surface area contributed by atoms with Gasteiger partial charge in [-0.15, -0.1) is 0 Å². The number of ether oxygens (including phenoxy) is 2. The zero-order chi connectivity index (χ0) is 36.9. The van der Waals surface area contributed by atoms with E-state index in [1.807, 2.05) is 66.7 Å². The summed E-state index contributed by atoms with van der Waals surface area (Å²) in [6.07, 6.45) is -1.21. The number of hydrogen-bond acceptors (Lipinski definition) is 5. The molecule has 1 amide bonds. The van der Waals surface area contributed by atoms with Crippen molar-refractivity contribution in [2.45, 2.75) is 45.1 Å². The van der Waals surface area contributed by atoms with Crippen LogP contribution in [0, 0.1) is 35.0 Å². The van der Waals surface area contributed by atoms with Gasteiger partial charge in [0.1, 0.15) is 5.56 Å². The van der Waals surface area contributed by atoms with Gasteiger partial charge in [0, 0.05) is 31.1 Å². The summed E-state index contributed by atoms with van der Waals surface area (Å²) in [5.74, 6) is -12.6. The van der Waals surface area contributed by atoms with Crippen LogP contribution < -0.4 is 5.32 Å². The van der Waals surface area contributed by atoms with Gasteiger partial charge in [-0.25, -0.2) is 22.0 Å². The lowest BCUT2D eigenvalue weighted by Crippen LogP contribution is -2.43. The average Bonchev–Trinajstić information content (AvgIpc) is 3.17. The molecule has 2 N–H and O–H groups in total. The summed E-state index contributed by atoms with van der Waals surface area (Å²) in [4.78, 5) is 14.8. The van der Waals surface area contributed by atoms with Crippen molar-refractivity contribution in [2.75, 3.05) is 13.6 Å². The lowest BCUT2D eigenvalue weighted by atomic mass is 9.90. The number of amides is 1. The molecule has 0 radical (unpaired) electrons. The molecule has 0 saturated carbocycles. The quantitative estimate of drug-likeness (QED) is 0.0817. The van der Waals surface area contributed by atoms with Gasteiger partial charge in [0.05, 0.1) is 18.8 Å². The molecule has 0 aromatic heterocycles. The fourth-order valence-electron chi connectivity index (χ4n) is 6.44. The number of aliphatic hydroxyl groups is 1. The maximum absolute atomic E-state index is 14.2. The standard InChI is InChI=1S/C41H37F5N2O4/c1-24-32(22-48(2)21-25-8-4-3-5-9-25)51-41(52-39(24)28-14-12-26(23-49)13-15-28)29-18-16-27(17-19-29)31-11-7-6-10-30(31)20-47-40(50)33-34(42)36(44)38(46)37(45)35(33)43/h3-19,24,32,39,41,49H,20-23H2,1-2H3,(H,47,50)/t24-,32+,39+,41+/m1/s1. The Hall–Kier alpha value is -4.94. The second kappa shape index (κ2) is 16.2. The highest BCUT2D eigenvalue weighted by molar-refractivity contribution is 5.95. The van der Waals surface area contributed by atoms with Crippen molar-refractivity contribution in [3.8, 4) is 11.1 Å². The number of hydrogen-bond donors (Lipinski definition) is 2. The smallest absolute Gasteiger partial charge is 0.257 e. The molecule has 5 aromatic rings. The Morgan fingerprint density at radius 1 is 0.731 bits per heavy atom. The molecule has 1 fully saturated rings. The first-order valence-electron chi connectivity index (χ1n) is 16.8. The van der Waals surface area contributed by atoms with Crippen molar-refractivity contribution in [3.63, 3.8) is 0 Å². The van der Waals surface area contributed by atoms with Crippen molar-refractivity contribution in [3.05, 3.63) is 166 Å². The number of nitrogens with zero attached hydrogens (tertiary/aromatic N) is 1. The zero-order valence-electron chi connectivity index (χ0n) is 28.5. The summed E-state index contributed by atoms with van der Waals surface area (Å²) >= 11 is 0. The highest BCUT2D eigenvalue weighted by Gasteiger charge is 2.39. The summed E-state index contributed by atoms with van der Waals surface area (Å²) < 4.78 is 82.7. The number of benzene rings is 5. The van der Waals surface area contributed by atoms with Gasteiger partial charge in [0.15, 0.2) is 29.6 Å². The molecule has 0 spiro atoms. The van der Waals surface area contributed by atoms with Crippen LogP contribution >= 0.6 is 0 Å². The second-order valence-corrected chi connectivity index (χ2v) is 12.9. The number of carbonyl (C=O) groups is 1. The molecule has 0 aliphatic carbocycles. The van der Waals surface area contributed by atoms with E-state index < -0.39 is 46.8 Å². The van der Waals surface area contributed by atoms with E-state index in [4.69, 9.17) is 9.47 Å². The molecule has 1 aliphatic rings. The van der Waals surface area contributed by atoms with E-state index in [1.54, 1.807) is 24.3 Å². The van der Waals surface area contributed by atoms with Gasteiger partial charge in [0.25, 0.3) is 5.91 Å². The maximum atomic E-state index is 14.2. The number of aliphatic hydroxyl groups excluding tert-OH is 1.